The maximum atomic E-state index is 13.4. The van der Waals surface area contributed by atoms with Crippen LogP contribution in [-0.2, 0) is 6.54 Å². The molecule has 0 aliphatic carbocycles. The first-order chi connectivity index (χ1) is 17.5. The minimum absolute atomic E-state index is 0.0562. The molecule has 2 saturated heterocycles. The Labute approximate surface area is 213 Å². The zero-order chi connectivity index (χ0) is 25.0. The molecule has 1 amide bonds. The van der Waals surface area contributed by atoms with Crippen LogP contribution in [0, 0.1) is 11.3 Å². The molecular weight excluding hydrogens is 452 g/mol. The maximum absolute atomic E-state index is 13.4. The highest BCUT2D eigenvalue weighted by Crippen LogP contribution is 2.42. The van der Waals surface area contributed by atoms with Crippen molar-refractivity contribution in [2.45, 2.75) is 46.1 Å². The smallest absolute Gasteiger partial charge is 0.254 e. The minimum Gasteiger partial charge on any atom is -0.493 e. The summed E-state index contributed by atoms with van der Waals surface area (Å²) in [5.74, 6) is 2.04. The molecule has 2 aliphatic rings. The molecule has 8 nitrogen and oxygen atoms in total. The third-order valence-corrected chi connectivity index (χ3v) is 7.71. The largest absolute Gasteiger partial charge is 0.493 e. The molecule has 0 unspecified atom stereocenters. The number of likely N-dealkylation sites (tertiary alicyclic amines) is 2. The molecule has 0 radical (unpaired) electrons. The van der Waals surface area contributed by atoms with Crippen LogP contribution in [-0.4, -0.2) is 69.1 Å². The van der Waals surface area contributed by atoms with Crippen LogP contribution in [0.25, 0.3) is 11.4 Å². The summed E-state index contributed by atoms with van der Waals surface area (Å²) in [6.07, 6.45) is 4.49. The Kier molecular flexibility index (Phi) is 7.32. The van der Waals surface area contributed by atoms with Crippen molar-refractivity contribution in [3.05, 3.63) is 59.7 Å². The average molecular weight is 489 g/mol. The van der Waals surface area contributed by atoms with Gasteiger partial charge in [-0.1, -0.05) is 50.2 Å². The van der Waals surface area contributed by atoms with Crippen LogP contribution in [0.1, 0.15) is 55.5 Å². The van der Waals surface area contributed by atoms with E-state index < -0.39 is 0 Å². The molecule has 0 saturated carbocycles. The molecule has 2 fully saturated rings. The van der Waals surface area contributed by atoms with E-state index >= 15 is 0 Å². The van der Waals surface area contributed by atoms with Gasteiger partial charge in [0.2, 0.25) is 5.82 Å². The maximum Gasteiger partial charge on any atom is 0.254 e. The first kappa shape index (κ1) is 24.4. The molecule has 2 aliphatic heterocycles. The van der Waals surface area contributed by atoms with Crippen molar-refractivity contribution in [3.63, 3.8) is 0 Å². The molecule has 1 aromatic heterocycles. The van der Waals surface area contributed by atoms with Gasteiger partial charge in [-0.05, 0) is 67.5 Å². The van der Waals surface area contributed by atoms with E-state index in [1.165, 1.54) is 18.4 Å². The van der Waals surface area contributed by atoms with Gasteiger partial charge >= 0.3 is 0 Å². The lowest BCUT2D eigenvalue weighted by Gasteiger charge is -2.47. The summed E-state index contributed by atoms with van der Waals surface area (Å²) in [6.45, 7) is 9.81. The second kappa shape index (κ2) is 10.8. The number of amides is 1. The molecular formula is C28H36N6O2. The Hall–Kier alpha value is -3.26. The van der Waals surface area contributed by atoms with E-state index in [1.807, 2.05) is 29.2 Å². The number of aromatic nitrogens is 4. The highest BCUT2D eigenvalue weighted by Gasteiger charge is 2.39. The van der Waals surface area contributed by atoms with Gasteiger partial charge in [-0.15, -0.1) is 10.2 Å². The zero-order valence-corrected chi connectivity index (χ0v) is 21.3. The molecule has 36 heavy (non-hydrogen) atoms. The molecule has 190 valence electrons. The molecule has 0 bridgehead atoms. The van der Waals surface area contributed by atoms with Crippen molar-refractivity contribution in [3.8, 4) is 17.1 Å². The number of rotatable bonds is 7. The Morgan fingerprint density at radius 2 is 1.69 bits per heavy atom. The van der Waals surface area contributed by atoms with Gasteiger partial charge < -0.3 is 9.64 Å². The van der Waals surface area contributed by atoms with Crippen LogP contribution in [0.2, 0.25) is 0 Å². The third kappa shape index (κ3) is 5.43. The van der Waals surface area contributed by atoms with Crippen LogP contribution in [0.15, 0.2) is 48.5 Å². The predicted molar refractivity (Wildman–Crippen MR) is 138 cm³/mol. The van der Waals surface area contributed by atoms with E-state index in [1.54, 1.807) is 0 Å². The molecule has 0 atom stereocenters. The Bertz CT molecular complexity index is 1140. The van der Waals surface area contributed by atoms with Crippen molar-refractivity contribution in [2.75, 3.05) is 32.8 Å². The van der Waals surface area contributed by atoms with Crippen molar-refractivity contribution < 1.29 is 9.53 Å². The van der Waals surface area contributed by atoms with Gasteiger partial charge in [0.1, 0.15) is 5.75 Å². The number of H-pyrrole nitrogens is 1. The number of carbonyl (C=O) groups excluding carboxylic acids is 1. The lowest BCUT2D eigenvalue weighted by molar-refractivity contribution is 0.0283. The van der Waals surface area contributed by atoms with E-state index in [0.29, 0.717) is 22.7 Å². The summed E-state index contributed by atoms with van der Waals surface area (Å²) < 4.78 is 6.08. The van der Waals surface area contributed by atoms with Crippen molar-refractivity contribution in [1.29, 1.82) is 0 Å². The number of hydrogen-bond donors (Lipinski definition) is 1. The fourth-order valence-electron chi connectivity index (χ4n) is 5.45. The van der Waals surface area contributed by atoms with Crippen molar-refractivity contribution in [2.24, 2.45) is 11.3 Å². The molecule has 2 aromatic carbocycles. The molecule has 5 rings (SSSR count). The molecule has 1 N–H and O–H groups in total. The highest BCUT2D eigenvalue weighted by atomic mass is 16.5. The summed E-state index contributed by atoms with van der Waals surface area (Å²) >= 11 is 0. The fourth-order valence-corrected chi connectivity index (χ4v) is 5.45. The third-order valence-electron chi connectivity index (χ3n) is 7.71. The molecule has 1 spiro atoms. The van der Waals surface area contributed by atoms with Gasteiger partial charge in [0.15, 0.2) is 0 Å². The van der Waals surface area contributed by atoms with E-state index in [9.17, 15) is 4.79 Å². The number of para-hydroxylation sites is 1. The summed E-state index contributed by atoms with van der Waals surface area (Å²) in [6, 6.07) is 16.0. The second-order valence-electron chi connectivity index (χ2n) is 10.7. The predicted octanol–water partition coefficient (Wildman–Crippen LogP) is 4.42. The number of tetrazole rings is 1. The van der Waals surface area contributed by atoms with E-state index in [2.05, 4.69) is 63.6 Å². The summed E-state index contributed by atoms with van der Waals surface area (Å²) in [5.41, 5.74) is 2.98. The number of benzene rings is 2. The highest BCUT2D eigenvalue weighted by molar-refractivity contribution is 6.00. The number of hydrogen-bond acceptors (Lipinski definition) is 6. The van der Waals surface area contributed by atoms with Crippen molar-refractivity contribution in [1.82, 2.24) is 30.4 Å². The number of piperidine rings is 2. The van der Waals surface area contributed by atoms with Crippen molar-refractivity contribution >= 4 is 5.91 Å². The monoisotopic (exact) mass is 488 g/mol. The van der Waals surface area contributed by atoms with Gasteiger partial charge in [-0.25, -0.2) is 0 Å². The lowest BCUT2D eigenvalue weighted by atomic mass is 9.71. The van der Waals surface area contributed by atoms with Gasteiger partial charge in [-0.2, -0.15) is 5.21 Å². The fraction of sp³-hybridized carbons (Fsp3) is 0.500. The first-order valence-corrected chi connectivity index (χ1v) is 13.1. The van der Waals surface area contributed by atoms with Gasteiger partial charge in [0, 0.05) is 30.8 Å². The van der Waals surface area contributed by atoms with Crippen LogP contribution in [0.3, 0.4) is 0 Å². The van der Waals surface area contributed by atoms with E-state index in [-0.39, 0.29) is 5.91 Å². The van der Waals surface area contributed by atoms with Crippen LogP contribution in [0.4, 0.5) is 0 Å². The molecule has 3 heterocycles. The Morgan fingerprint density at radius 1 is 1.00 bits per heavy atom. The Balaban J connectivity index is 1.16. The van der Waals surface area contributed by atoms with Gasteiger partial charge in [-0.3, -0.25) is 9.69 Å². The van der Waals surface area contributed by atoms with Gasteiger partial charge in [0.05, 0.1) is 12.2 Å². The number of aromatic amines is 1. The van der Waals surface area contributed by atoms with Gasteiger partial charge in [0.25, 0.3) is 5.91 Å². The minimum atomic E-state index is 0.0562. The molecule has 3 aromatic rings. The normalized spacial score (nSPS) is 18.0. The molecule has 8 heteroatoms. The quantitative estimate of drug-likeness (QED) is 0.530. The Morgan fingerprint density at radius 3 is 2.42 bits per heavy atom. The lowest BCUT2D eigenvalue weighted by Crippen LogP contribution is -2.48. The topological polar surface area (TPSA) is 87.2 Å². The number of ether oxygens (including phenoxy) is 1. The average Bonchev–Trinajstić information content (AvgIpc) is 3.45. The van der Waals surface area contributed by atoms with Crippen LogP contribution >= 0.6 is 0 Å². The standard InChI is InChI=1S/C28H36N6O2/c1-21(2)20-36-25-10-6-3-7-22(25)19-33-15-11-28(12-16-33)13-17-34(18-14-28)27(35)24-9-5-4-8-23(24)26-29-31-32-30-26/h3-10,21H,11-20H2,1-2H3,(H,29,30,31,32). The zero-order valence-electron chi connectivity index (χ0n) is 21.3. The van der Waals surface area contributed by atoms with Crippen LogP contribution in [0.5, 0.6) is 5.75 Å². The summed E-state index contributed by atoms with van der Waals surface area (Å²) in [7, 11) is 0. The van der Waals surface area contributed by atoms with Crippen LogP contribution < -0.4 is 4.74 Å². The van der Waals surface area contributed by atoms with E-state index in [0.717, 1.165) is 63.5 Å². The number of nitrogens with one attached hydrogen (secondary N) is 1. The number of nitrogens with zero attached hydrogens (tertiary/aromatic N) is 5. The summed E-state index contributed by atoms with van der Waals surface area (Å²) in [4.78, 5) is 17.9. The first-order valence-electron chi connectivity index (χ1n) is 13.1. The SMILES string of the molecule is CC(C)COc1ccccc1CN1CCC2(CC1)CCN(C(=O)c1ccccc1-c1nn[nH]n1)CC2. The summed E-state index contributed by atoms with van der Waals surface area (Å²) in [5, 5.41) is 14.3. The van der Waals surface area contributed by atoms with E-state index in [4.69, 9.17) is 4.74 Å². The number of carbonyl (C=O) groups is 1. The second-order valence-corrected chi connectivity index (χ2v) is 10.7.